The summed E-state index contributed by atoms with van der Waals surface area (Å²) in [4.78, 5) is 12.0. The third-order valence-electron chi connectivity index (χ3n) is 3.80. The number of amides is 1. The smallest absolute Gasteiger partial charge is 0.232 e. The molecule has 0 atom stereocenters. The van der Waals surface area contributed by atoms with Crippen LogP contribution in [0, 0.1) is 11.6 Å². The Morgan fingerprint density at radius 1 is 1.08 bits per heavy atom. The zero-order valence-electron chi connectivity index (χ0n) is 14.5. The van der Waals surface area contributed by atoms with Crippen molar-refractivity contribution in [2.24, 2.45) is 0 Å². The maximum absolute atomic E-state index is 13.6. The van der Waals surface area contributed by atoms with E-state index in [2.05, 4.69) is 5.32 Å². The summed E-state index contributed by atoms with van der Waals surface area (Å²) in [6, 6.07) is 10.2. The Bertz CT molecular complexity index is 864. The Morgan fingerprint density at radius 2 is 1.65 bits per heavy atom. The van der Waals surface area contributed by atoms with Gasteiger partial charge in [-0.25, -0.2) is 17.2 Å². The molecule has 0 spiro atoms. The second-order valence-corrected chi connectivity index (χ2v) is 7.66. The first kappa shape index (κ1) is 19.8. The Balaban J connectivity index is 2.11. The lowest BCUT2D eigenvalue weighted by Crippen LogP contribution is -2.33. The van der Waals surface area contributed by atoms with Crippen LogP contribution in [0.15, 0.2) is 42.5 Å². The predicted molar refractivity (Wildman–Crippen MR) is 97.6 cm³/mol. The molecule has 26 heavy (non-hydrogen) atoms. The molecule has 140 valence electrons. The number of aryl methyl sites for hydroxylation is 1. The molecule has 0 saturated heterocycles. The zero-order valence-corrected chi connectivity index (χ0v) is 15.3. The van der Waals surface area contributed by atoms with E-state index in [1.54, 1.807) is 12.1 Å². The highest BCUT2D eigenvalue weighted by atomic mass is 32.2. The number of anilines is 2. The first-order valence-electron chi connectivity index (χ1n) is 8.03. The van der Waals surface area contributed by atoms with Gasteiger partial charge in [0.1, 0.15) is 17.3 Å². The first-order chi connectivity index (χ1) is 12.2. The van der Waals surface area contributed by atoms with Gasteiger partial charge in [-0.2, -0.15) is 0 Å². The van der Waals surface area contributed by atoms with E-state index in [0.29, 0.717) is 5.69 Å². The summed E-state index contributed by atoms with van der Waals surface area (Å²) < 4.78 is 52.3. The number of halogens is 2. The molecular weight excluding hydrogens is 362 g/mol. The molecule has 0 heterocycles. The van der Waals surface area contributed by atoms with Gasteiger partial charge in [0.15, 0.2) is 0 Å². The third-order valence-corrected chi connectivity index (χ3v) is 5.00. The number of para-hydroxylation sites is 1. The van der Waals surface area contributed by atoms with Gasteiger partial charge in [-0.05, 0) is 36.2 Å². The summed E-state index contributed by atoms with van der Waals surface area (Å²) in [5, 5.41) is 2.14. The van der Waals surface area contributed by atoms with Gasteiger partial charge in [0.05, 0.1) is 11.9 Å². The Labute approximate surface area is 151 Å². The number of hydrogen-bond acceptors (Lipinski definition) is 3. The van der Waals surface area contributed by atoms with Crippen molar-refractivity contribution < 1.29 is 22.0 Å². The van der Waals surface area contributed by atoms with E-state index in [0.717, 1.165) is 34.7 Å². The number of hydrogen-bond donors (Lipinski definition) is 1. The number of nitrogens with one attached hydrogen (secondary N) is 1. The van der Waals surface area contributed by atoms with Crippen molar-refractivity contribution in [3.63, 3.8) is 0 Å². The summed E-state index contributed by atoms with van der Waals surface area (Å²) >= 11 is 0. The highest BCUT2D eigenvalue weighted by molar-refractivity contribution is 7.92. The van der Waals surface area contributed by atoms with Crippen molar-refractivity contribution in [2.75, 3.05) is 22.4 Å². The second-order valence-electron chi connectivity index (χ2n) is 5.75. The molecule has 0 aliphatic rings. The van der Waals surface area contributed by atoms with Crippen LogP contribution in [0.4, 0.5) is 20.2 Å². The minimum absolute atomic E-state index is 0.147. The molecule has 1 N–H and O–H groups in total. The van der Waals surface area contributed by atoms with Crippen molar-refractivity contribution in [3.05, 3.63) is 59.7 Å². The van der Waals surface area contributed by atoms with E-state index in [-0.39, 0.29) is 13.0 Å². The Morgan fingerprint density at radius 3 is 2.15 bits per heavy atom. The van der Waals surface area contributed by atoms with Crippen LogP contribution in [-0.2, 0) is 21.2 Å². The molecule has 1 amide bonds. The van der Waals surface area contributed by atoms with E-state index >= 15 is 0 Å². The van der Waals surface area contributed by atoms with Crippen molar-refractivity contribution in [2.45, 2.75) is 19.8 Å². The maximum Gasteiger partial charge on any atom is 0.232 e. The summed E-state index contributed by atoms with van der Waals surface area (Å²) in [5.74, 6) is -2.48. The van der Waals surface area contributed by atoms with Crippen LogP contribution in [0.5, 0.6) is 0 Å². The van der Waals surface area contributed by atoms with E-state index in [1.807, 2.05) is 19.1 Å². The van der Waals surface area contributed by atoms with Gasteiger partial charge in [-0.15, -0.1) is 0 Å². The molecule has 2 aromatic rings. The van der Waals surface area contributed by atoms with Gasteiger partial charge in [-0.1, -0.05) is 25.1 Å². The quantitative estimate of drug-likeness (QED) is 0.799. The summed E-state index contributed by atoms with van der Waals surface area (Å²) in [6.07, 6.45) is 1.60. The van der Waals surface area contributed by atoms with Crippen LogP contribution in [0.3, 0.4) is 0 Å². The summed E-state index contributed by atoms with van der Waals surface area (Å²) in [7, 11) is -3.62. The fourth-order valence-electron chi connectivity index (χ4n) is 2.41. The number of rotatable bonds is 7. The zero-order chi connectivity index (χ0) is 19.3. The monoisotopic (exact) mass is 382 g/mol. The molecule has 0 unspecified atom stereocenters. The van der Waals surface area contributed by atoms with Crippen LogP contribution in [0.25, 0.3) is 0 Å². The van der Waals surface area contributed by atoms with Crippen LogP contribution in [0.1, 0.15) is 18.9 Å². The van der Waals surface area contributed by atoms with E-state index in [9.17, 15) is 22.0 Å². The number of carbonyl (C=O) groups is 1. The molecule has 0 fully saturated rings. The summed E-state index contributed by atoms with van der Waals surface area (Å²) in [6.45, 7) is 1.84. The number of benzene rings is 2. The lowest BCUT2D eigenvalue weighted by atomic mass is 10.1. The molecule has 0 saturated carbocycles. The molecule has 0 bridgehead atoms. The molecule has 2 rings (SSSR count). The van der Waals surface area contributed by atoms with Crippen molar-refractivity contribution in [1.82, 2.24) is 0 Å². The molecule has 0 aromatic heterocycles. The lowest BCUT2D eigenvalue weighted by Gasteiger charge is -2.22. The van der Waals surface area contributed by atoms with E-state index < -0.39 is 33.3 Å². The second kappa shape index (κ2) is 8.27. The minimum Gasteiger partial charge on any atom is -0.321 e. The highest BCUT2D eigenvalue weighted by Gasteiger charge is 2.19. The van der Waals surface area contributed by atoms with Crippen molar-refractivity contribution in [3.8, 4) is 0 Å². The van der Waals surface area contributed by atoms with Crippen LogP contribution in [0.2, 0.25) is 0 Å². The molecule has 2 aromatic carbocycles. The minimum atomic E-state index is -3.62. The van der Waals surface area contributed by atoms with Crippen LogP contribution in [-0.4, -0.2) is 27.1 Å². The highest BCUT2D eigenvalue weighted by Crippen LogP contribution is 2.21. The van der Waals surface area contributed by atoms with Crippen molar-refractivity contribution >= 4 is 27.3 Å². The fourth-order valence-corrected chi connectivity index (χ4v) is 3.33. The summed E-state index contributed by atoms with van der Waals surface area (Å²) in [5.41, 5.74) is 0.931. The number of nitrogens with zero attached hydrogens (tertiary/aromatic N) is 1. The third kappa shape index (κ3) is 5.01. The van der Waals surface area contributed by atoms with Crippen molar-refractivity contribution in [1.29, 1.82) is 0 Å². The Kier molecular flexibility index (Phi) is 6.31. The molecule has 8 heteroatoms. The molecule has 0 aliphatic carbocycles. The van der Waals surface area contributed by atoms with Gasteiger partial charge < -0.3 is 5.32 Å². The Hall–Kier alpha value is -2.48. The standard InChI is InChI=1S/C18H20F2N2O3S/c1-3-13-7-9-14(10-8-13)22(26(2,24)25)12-11-17(23)21-18-15(19)5-4-6-16(18)20/h4-10H,3,11-12H2,1-2H3,(H,21,23). The van der Waals surface area contributed by atoms with Gasteiger partial charge >= 0.3 is 0 Å². The van der Waals surface area contributed by atoms with Gasteiger partial charge in [0.25, 0.3) is 0 Å². The first-order valence-corrected chi connectivity index (χ1v) is 9.87. The fraction of sp³-hybridized carbons (Fsp3) is 0.278. The molecule has 5 nitrogen and oxygen atoms in total. The predicted octanol–water partition coefficient (Wildman–Crippen LogP) is 3.32. The van der Waals surface area contributed by atoms with Gasteiger partial charge in [-0.3, -0.25) is 9.10 Å². The van der Waals surface area contributed by atoms with Gasteiger partial charge in [0, 0.05) is 13.0 Å². The number of sulfonamides is 1. The van der Waals surface area contributed by atoms with E-state index in [4.69, 9.17) is 0 Å². The van der Waals surface area contributed by atoms with Crippen LogP contribution >= 0.6 is 0 Å². The normalized spacial score (nSPS) is 11.2. The lowest BCUT2D eigenvalue weighted by molar-refractivity contribution is -0.116. The topological polar surface area (TPSA) is 66.5 Å². The largest absolute Gasteiger partial charge is 0.321 e. The molecular formula is C18H20F2N2O3S. The average molecular weight is 382 g/mol. The average Bonchev–Trinajstić information content (AvgIpc) is 2.58. The number of carbonyl (C=O) groups excluding carboxylic acids is 1. The molecule has 0 radical (unpaired) electrons. The molecule has 0 aliphatic heterocycles. The maximum atomic E-state index is 13.6. The SMILES string of the molecule is CCc1ccc(N(CCC(=O)Nc2c(F)cccc2F)S(C)(=O)=O)cc1. The van der Waals surface area contributed by atoms with Gasteiger partial charge in [0.2, 0.25) is 15.9 Å². The van der Waals surface area contributed by atoms with E-state index in [1.165, 1.54) is 6.07 Å². The van der Waals surface area contributed by atoms with Crippen LogP contribution < -0.4 is 9.62 Å².